The number of rotatable bonds is 3. The van der Waals surface area contributed by atoms with Gasteiger partial charge in [-0.3, -0.25) is 4.99 Å². The minimum Gasteiger partial charge on any atom is -0.506 e. The Balaban J connectivity index is 1.92. The van der Waals surface area contributed by atoms with Crippen molar-refractivity contribution in [3.8, 4) is 5.75 Å². The third-order valence-corrected chi connectivity index (χ3v) is 3.68. The van der Waals surface area contributed by atoms with Crippen LogP contribution in [0.25, 0.3) is 0 Å². The van der Waals surface area contributed by atoms with Crippen molar-refractivity contribution < 1.29 is 5.11 Å². The Kier molecular flexibility index (Phi) is 5.31. The highest BCUT2D eigenvalue weighted by atomic mass is 16.3. The summed E-state index contributed by atoms with van der Waals surface area (Å²) in [6.07, 6.45) is 0. The van der Waals surface area contributed by atoms with Crippen LogP contribution in [0.15, 0.2) is 29.3 Å². The first-order valence-corrected chi connectivity index (χ1v) is 7.60. The van der Waals surface area contributed by atoms with Gasteiger partial charge in [-0.2, -0.15) is 0 Å². The molecule has 1 aromatic rings. The van der Waals surface area contributed by atoms with E-state index in [0.717, 1.165) is 44.4 Å². The fraction of sp³-hybridized carbons (Fsp3) is 0.562. The van der Waals surface area contributed by atoms with E-state index in [1.54, 1.807) is 6.07 Å². The van der Waals surface area contributed by atoms with Gasteiger partial charge in [0, 0.05) is 39.8 Å². The molecule has 1 aliphatic heterocycles. The van der Waals surface area contributed by atoms with E-state index in [0.29, 0.717) is 11.7 Å². The van der Waals surface area contributed by atoms with Gasteiger partial charge in [-0.05, 0) is 18.1 Å². The van der Waals surface area contributed by atoms with Crippen LogP contribution in [0.1, 0.15) is 13.8 Å². The van der Waals surface area contributed by atoms with E-state index < -0.39 is 0 Å². The molecule has 0 aromatic heterocycles. The van der Waals surface area contributed by atoms with E-state index in [2.05, 4.69) is 34.0 Å². The quantitative estimate of drug-likeness (QED) is 0.658. The van der Waals surface area contributed by atoms with Crippen molar-refractivity contribution >= 4 is 11.6 Å². The summed E-state index contributed by atoms with van der Waals surface area (Å²) >= 11 is 0. The number of phenolic OH excluding ortho intramolecular Hbond substituents is 1. The minimum absolute atomic E-state index is 0.355. The molecule has 1 saturated heterocycles. The van der Waals surface area contributed by atoms with Crippen molar-refractivity contribution in [1.29, 1.82) is 0 Å². The number of aliphatic imine (C=N–C) groups is 1. The number of aromatic hydroxyl groups is 1. The Morgan fingerprint density at radius 2 is 1.90 bits per heavy atom. The molecule has 0 atom stereocenters. The lowest BCUT2D eigenvalue weighted by atomic mass is 10.2. The molecule has 5 nitrogen and oxygen atoms in total. The van der Waals surface area contributed by atoms with Gasteiger partial charge in [0.25, 0.3) is 0 Å². The number of anilines is 1. The smallest absolute Gasteiger partial charge is 0.193 e. The molecule has 116 valence electrons. The molecule has 2 rings (SSSR count). The van der Waals surface area contributed by atoms with Crippen LogP contribution in [0.2, 0.25) is 0 Å². The number of phenols is 1. The maximum atomic E-state index is 9.94. The van der Waals surface area contributed by atoms with Crippen molar-refractivity contribution in [2.24, 2.45) is 10.9 Å². The second-order valence-electron chi connectivity index (χ2n) is 5.78. The summed E-state index contributed by atoms with van der Waals surface area (Å²) < 4.78 is 0. The molecule has 0 bridgehead atoms. The summed E-state index contributed by atoms with van der Waals surface area (Å²) in [5.41, 5.74) is 0.919. The lowest BCUT2D eigenvalue weighted by Gasteiger charge is -2.38. The zero-order chi connectivity index (χ0) is 15.2. The second-order valence-corrected chi connectivity index (χ2v) is 5.78. The molecule has 0 saturated carbocycles. The Morgan fingerprint density at radius 1 is 1.24 bits per heavy atom. The van der Waals surface area contributed by atoms with E-state index in [-0.39, 0.29) is 0 Å². The molecule has 0 aliphatic carbocycles. The largest absolute Gasteiger partial charge is 0.506 e. The first-order chi connectivity index (χ1) is 10.1. The number of piperazine rings is 1. The van der Waals surface area contributed by atoms with E-state index in [4.69, 9.17) is 0 Å². The normalized spacial score (nSPS) is 16.5. The van der Waals surface area contributed by atoms with Gasteiger partial charge < -0.3 is 20.2 Å². The van der Waals surface area contributed by atoms with Gasteiger partial charge in [0.15, 0.2) is 5.96 Å². The molecule has 0 unspecified atom stereocenters. The molecule has 0 amide bonds. The van der Waals surface area contributed by atoms with Gasteiger partial charge in [-0.15, -0.1) is 0 Å². The summed E-state index contributed by atoms with van der Waals surface area (Å²) in [5.74, 6) is 1.93. The van der Waals surface area contributed by atoms with Crippen molar-refractivity contribution in [2.75, 3.05) is 44.7 Å². The maximum Gasteiger partial charge on any atom is 0.193 e. The van der Waals surface area contributed by atoms with Gasteiger partial charge in [0.05, 0.1) is 5.69 Å². The molecule has 1 fully saturated rings. The average molecular weight is 290 g/mol. The monoisotopic (exact) mass is 290 g/mol. The van der Waals surface area contributed by atoms with E-state index >= 15 is 0 Å². The van der Waals surface area contributed by atoms with E-state index in [9.17, 15) is 5.11 Å². The zero-order valence-corrected chi connectivity index (χ0v) is 13.2. The average Bonchev–Trinajstić information content (AvgIpc) is 2.49. The predicted molar refractivity (Wildman–Crippen MR) is 88.1 cm³/mol. The standard InChI is InChI=1S/C16H26N4O/c1-13(2)12-18-16(17-3)20-10-8-19(9-11-20)14-6-4-5-7-15(14)21/h4-7,13,21H,8-12H2,1-3H3,(H,17,18). The van der Waals surface area contributed by atoms with Crippen molar-refractivity contribution in [2.45, 2.75) is 13.8 Å². The third-order valence-electron chi connectivity index (χ3n) is 3.68. The summed E-state index contributed by atoms with van der Waals surface area (Å²) in [6, 6.07) is 7.53. The summed E-state index contributed by atoms with van der Waals surface area (Å²) in [4.78, 5) is 8.86. The molecule has 21 heavy (non-hydrogen) atoms. The number of guanidine groups is 1. The topological polar surface area (TPSA) is 51.1 Å². The SMILES string of the molecule is CN=C(NCC(C)C)N1CCN(c2ccccc2O)CC1. The predicted octanol–water partition coefficient (Wildman–Crippen LogP) is 1.75. The van der Waals surface area contributed by atoms with Gasteiger partial charge in [-0.1, -0.05) is 26.0 Å². The highest BCUT2D eigenvalue weighted by molar-refractivity contribution is 5.80. The fourth-order valence-electron chi connectivity index (χ4n) is 2.52. The van der Waals surface area contributed by atoms with Crippen LogP contribution in [0.5, 0.6) is 5.75 Å². The zero-order valence-electron chi connectivity index (χ0n) is 13.2. The lowest BCUT2D eigenvalue weighted by molar-refractivity contribution is 0.367. The van der Waals surface area contributed by atoms with Gasteiger partial charge in [0.2, 0.25) is 0 Å². The fourth-order valence-corrected chi connectivity index (χ4v) is 2.52. The van der Waals surface area contributed by atoms with E-state index in [1.165, 1.54) is 0 Å². The molecular weight excluding hydrogens is 264 g/mol. The Bertz CT molecular complexity index is 479. The van der Waals surface area contributed by atoms with Gasteiger partial charge in [0.1, 0.15) is 5.75 Å². The number of nitrogens with one attached hydrogen (secondary N) is 1. The summed E-state index contributed by atoms with van der Waals surface area (Å²) in [5, 5.41) is 13.4. The van der Waals surface area contributed by atoms with Crippen molar-refractivity contribution in [3.05, 3.63) is 24.3 Å². The first kappa shape index (κ1) is 15.5. The van der Waals surface area contributed by atoms with Gasteiger partial charge in [-0.25, -0.2) is 0 Å². The second kappa shape index (κ2) is 7.20. The maximum absolute atomic E-state index is 9.94. The molecule has 1 aromatic carbocycles. The van der Waals surface area contributed by atoms with Crippen LogP contribution < -0.4 is 10.2 Å². The highest BCUT2D eigenvalue weighted by Crippen LogP contribution is 2.27. The van der Waals surface area contributed by atoms with Crippen molar-refractivity contribution in [3.63, 3.8) is 0 Å². The van der Waals surface area contributed by atoms with Crippen LogP contribution in [-0.2, 0) is 0 Å². The minimum atomic E-state index is 0.355. The molecule has 2 N–H and O–H groups in total. The third kappa shape index (κ3) is 4.03. The Labute approximate surface area is 127 Å². The Morgan fingerprint density at radius 3 is 2.48 bits per heavy atom. The van der Waals surface area contributed by atoms with Crippen LogP contribution in [0.4, 0.5) is 5.69 Å². The number of nitrogens with zero attached hydrogens (tertiary/aromatic N) is 3. The Hall–Kier alpha value is -1.91. The molecule has 1 heterocycles. The number of benzene rings is 1. The lowest BCUT2D eigenvalue weighted by Crippen LogP contribution is -2.53. The first-order valence-electron chi connectivity index (χ1n) is 7.60. The molecular formula is C16H26N4O. The number of hydrogen-bond acceptors (Lipinski definition) is 3. The number of hydrogen-bond donors (Lipinski definition) is 2. The van der Waals surface area contributed by atoms with E-state index in [1.807, 2.05) is 25.2 Å². The molecule has 1 aliphatic rings. The summed E-state index contributed by atoms with van der Waals surface area (Å²) in [7, 11) is 1.83. The molecule has 5 heteroatoms. The molecule has 0 spiro atoms. The highest BCUT2D eigenvalue weighted by Gasteiger charge is 2.21. The van der Waals surface area contributed by atoms with Crippen LogP contribution in [0, 0.1) is 5.92 Å². The summed E-state index contributed by atoms with van der Waals surface area (Å²) in [6.45, 7) is 8.91. The van der Waals surface area contributed by atoms with Crippen LogP contribution in [0.3, 0.4) is 0 Å². The van der Waals surface area contributed by atoms with Crippen LogP contribution in [-0.4, -0.2) is 55.7 Å². The van der Waals surface area contributed by atoms with Crippen molar-refractivity contribution in [1.82, 2.24) is 10.2 Å². The molecule has 0 radical (unpaired) electrons. The van der Waals surface area contributed by atoms with Crippen LogP contribution >= 0.6 is 0 Å². The van der Waals surface area contributed by atoms with Gasteiger partial charge >= 0.3 is 0 Å². The number of para-hydroxylation sites is 2.